The van der Waals surface area contributed by atoms with Gasteiger partial charge in [-0.05, 0) is 53.9 Å². The SMILES string of the molecule is [Au+].[C-]#Cc1ccc(OC)cc1.c1ccc([PH+](c2ccccc2)c2cccs2)cc1. The van der Waals surface area contributed by atoms with E-state index in [-0.39, 0.29) is 22.4 Å². The molecule has 0 saturated carbocycles. The average molecular weight is 597 g/mol. The molecule has 148 valence electrons. The maximum absolute atomic E-state index is 6.78. The van der Waals surface area contributed by atoms with E-state index in [1.165, 1.54) is 15.2 Å². The van der Waals surface area contributed by atoms with Gasteiger partial charge in [-0.3, -0.25) is 5.92 Å². The van der Waals surface area contributed by atoms with Gasteiger partial charge in [0.1, 0.15) is 24.3 Å². The molecule has 0 aliphatic rings. The van der Waals surface area contributed by atoms with E-state index < -0.39 is 7.92 Å². The summed E-state index contributed by atoms with van der Waals surface area (Å²) in [5.41, 5.74) is 0.765. The summed E-state index contributed by atoms with van der Waals surface area (Å²) >= 11 is 1.87. The molecule has 0 atom stereocenters. The van der Waals surface area contributed by atoms with Gasteiger partial charge in [-0.15, -0.1) is 29.0 Å². The monoisotopic (exact) mass is 597 g/mol. The summed E-state index contributed by atoms with van der Waals surface area (Å²) in [5, 5.41) is 5.08. The van der Waals surface area contributed by atoms with Crippen LogP contribution in [0.15, 0.2) is 102 Å². The molecule has 0 aliphatic heterocycles. The first-order valence-electron chi connectivity index (χ1n) is 8.90. The van der Waals surface area contributed by atoms with Crippen LogP contribution in [0, 0.1) is 12.3 Å². The van der Waals surface area contributed by atoms with Gasteiger partial charge < -0.3 is 11.2 Å². The molecule has 0 aliphatic carbocycles. The molecule has 1 aromatic heterocycles. The third kappa shape index (κ3) is 6.72. The van der Waals surface area contributed by atoms with Gasteiger partial charge in [0.25, 0.3) is 0 Å². The predicted molar refractivity (Wildman–Crippen MR) is 124 cm³/mol. The van der Waals surface area contributed by atoms with Crippen molar-refractivity contribution in [3.8, 4) is 11.7 Å². The molecule has 0 fully saturated rings. The van der Waals surface area contributed by atoms with E-state index in [0.29, 0.717) is 0 Å². The van der Waals surface area contributed by atoms with Crippen molar-refractivity contribution in [3.05, 3.63) is 114 Å². The van der Waals surface area contributed by atoms with E-state index in [0.717, 1.165) is 11.3 Å². The first-order chi connectivity index (χ1) is 13.8. The van der Waals surface area contributed by atoms with Gasteiger partial charge in [0, 0.05) is 0 Å². The van der Waals surface area contributed by atoms with Crippen molar-refractivity contribution in [3.63, 3.8) is 0 Å². The Morgan fingerprint density at radius 3 is 1.72 bits per heavy atom. The first kappa shape index (κ1) is 23.2. The molecule has 0 spiro atoms. The molecule has 1 nitrogen and oxygen atoms in total. The van der Waals surface area contributed by atoms with Crippen LogP contribution >= 0.6 is 19.3 Å². The van der Waals surface area contributed by atoms with Crippen LogP contribution in [0.3, 0.4) is 0 Å². The van der Waals surface area contributed by atoms with Crippen molar-refractivity contribution in [1.82, 2.24) is 0 Å². The fourth-order valence-electron chi connectivity index (χ4n) is 2.76. The summed E-state index contributed by atoms with van der Waals surface area (Å²) in [6, 6.07) is 33.3. The smallest absolute Gasteiger partial charge is 0.497 e. The molecule has 0 radical (unpaired) electrons. The van der Waals surface area contributed by atoms with E-state index >= 15 is 0 Å². The van der Waals surface area contributed by atoms with Crippen molar-refractivity contribution in [2.75, 3.05) is 7.11 Å². The summed E-state index contributed by atoms with van der Waals surface area (Å²) in [6.45, 7) is 0. The molecular formula is C25H21AuOPS+. The molecule has 4 rings (SSSR count). The Kier molecular flexibility index (Phi) is 9.95. The van der Waals surface area contributed by atoms with Crippen LogP contribution in [-0.2, 0) is 22.4 Å². The zero-order valence-corrected chi connectivity index (χ0v) is 19.9. The van der Waals surface area contributed by atoms with Gasteiger partial charge in [-0.2, -0.15) is 0 Å². The summed E-state index contributed by atoms with van der Waals surface area (Å²) < 4.78 is 6.42. The number of benzene rings is 3. The van der Waals surface area contributed by atoms with Crippen LogP contribution in [0.5, 0.6) is 5.75 Å². The van der Waals surface area contributed by atoms with Gasteiger partial charge in [-0.25, -0.2) is 0 Å². The first-order valence-corrected chi connectivity index (χ1v) is 11.3. The van der Waals surface area contributed by atoms with Gasteiger partial charge >= 0.3 is 22.4 Å². The Morgan fingerprint density at radius 2 is 1.31 bits per heavy atom. The fourth-order valence-corrected chi connectivity index (χ4v) is 6.82. The van der Waals surface area contributed by atoms with Crippen molar-refractivity contribution in [2.45, 2.75) is 0 Å². The Morgan fingerprint density at radius 1 is 0.759 bits per heavy atom. The zero-order chi connectivity index (χ0) is 19.6. The Balaban J connectivity index is 0.000000234. The molecule has 4 heteroatoms. The Labute approximate surface area is 194 Å². The summed E-state index contributed by atoms with van der Waals surface area (Å²) in [5.74, 6) is 3.08. The maximum atomic E-state index is 6.78. The van der Waals surface area contributed by atoms with Gasteiger partial charge in [-0.1, -0.05) is 36.4 Å². The van der Waals surface area contributed by atoms with Crippen molar-refractivity contribution in [1.29, 1.82) is 0 Å². The molecule has 0 amide bonds. The van der Waals surface area contributed by atoms with Gasteiger partial charge in [0.05, 0.1) is 7.11 Å². The third-order valence-electron chi connectivity index (χ3n) is 4.13. The predicted octanol–water partition coefficient (Wildman–Crippen LogP) is 4.87. The number of ether oxygens (including phenoxy) is 1. The van der Waals surface area contributed by atoms with Crippen LogP contribution in [0.4, 0.5) is 0 Å². The van der Waals surface area contributed by atoms with Crippen LogP contribution in [0.2, 0.25) is 0 Å². The van der Waals surface area contributed by atoms with Crippen LogP contribution in [0.1, 0.15) is 5.56 Å². The zero-order valence-electron chi connectivity index (χ0n) is 15.9. The molecular weight excluding hydrogens is 576 g/mol. The Bertz CT molecular complexity index is 955. The number of hydrogen-bond donors (Lipinski definition) is 0. The largest absolute Gasteiger partial charge is 1.00 e. The number of methoxy groups -OCH3 is 1. The molecule has 0 saturated heterocycles. The molecule has 1 heterocycles. The van der Waals surface area contributed by atoms with Crippen molar-refractivity contribution in [2.24, 2.45) is 0 Å². The van der Waals surface area contributed by atoms with Crippen molar-refractivity contribution >= 4 is 34.5 Å². The normalized spacial score (nSPS) is 9.55. The summed E-state index contributed by atoms with van der Waals surface area (Å²) in [4.78, 5) is 0. The second kappa shape index (κ2) is 12.5. The summed E-state index contributed by atoms with van der Waals surface area (Å²) in [6.07, 6.45) is 6.78. The van der Waals surface area contributed by atoms with Gasteiger partial charge in [0.15, 0.2) is 4.62 Å². The van der Waals surface area contributed by atoms with Crippen LogP contribution in [0.25, 0.3) is 0 Å². The molecule has 0 N–H and O–H groups in total. The van der Waals surface area contributed by atoms with E-state index in [1.54, 1.807) is 31.4 Å². The standard InChI is InChI=1S/C16H13PS.C9H7O.Au/c1-3-8-14(9-4-1)17(16-12-7-13-18-16)15-10-5-2-6-11-15;1-3-8-4-6-9(10-2)7-5-8;/h1-13H;4-7H,2H3;/q;-1;+1/p+1. The molecule has 3 aromatic carbocycles. The second-order valence-electron chi connectivity index (χ2n) is 5.94. The topological polar surface area (TPSA) is 9.23 Å². The quantitative estimate of drug-likeness (QED) is 0.141. The number of hydrogen-bond acceptors (Lipinski definition) is 2. The number of thiophene rings is 1. The minimum Gasteiger partial charge on any atom is -0.497 e. The van der Waals surface area contributed by atoms with E-state index in [4.69, 9.17) is 11.2 Å². The third-order valence-corrected chi connectivity index (χ3v) is 8.26. The number of rotatable bonds is 4. The minimum atomic E-state index is -0.816. The molecule has 0 unspecified atom stereocenters. The molecule has 0 bridgehead atoms. The van der Waals surface area contributed by atoms with E-state index in [9.17, 15) is 0 Å². The fraction of sp³-hybridized carbons (Fsp3) is 0.0400. The molecule has 29 heavy (non-hydrogen) atoms. The Hall–Kier alpha value is -2.11. The van der Waals surface area contributed by atoms with Gasteiger partial charge in [0.2, 0.25) is 0 Å². The van der Waals surface area contributed by atoms with Crippen LogP contribution < -0.4 is 20.0 Å². The average Bonchev–Trinajstić information content (AvgIpc) is 3.30. The maximum Gasteiger partial charge on any atom is 1.00 e. The molecule has 4 aromatic rings. The second-order valence-corrected chi connectivity index (χ2v) is 9.69. The minimum absolute atomic E-state index is 0. The van der Waals surface area contributed by atoms with E-state index in [2.05, 4.69) is 84.1 Å². The summed E-state index contributed by atoms with van der Waals surface area (Å²) in [7, 11) is 0.798. The van der Waals surface area contributed by atoms with Crippen molar-refractivity contribution < 1.29 is 27.1 Å². The van der Waals surface area contributed by atoms with Crippen LogP contribution in [-0.4, -0.2) is 7.11 Å². The van der Waals surface area contributed by atoms with E-state index in [1.807, 2.05) is 11.3 Å².